The zero-order valence-electron chi connectivity index (χ0n) is 11.6. The minimum Gasteiger partial charge on any atom is -0.357 e. The van der Waals surface area contributed by atoms with Crippen LogP contribution < -0.4 is 0 Å². The van der Waals surface area contributed by atoms with Crippen LogP contribution in [0.25, 0.3) is 22.0 Å². The molecule has 0 fully saturated rings. The van der Waals surface area contributed by atoms with Crippen molar-refractivity contribution in [3.8, 4) is 11.1 Å². The first-order chi connectivity index (χ1) is 9.07. The van der Waals surface area contributed by atoms with Crippen LogP contribution in [0.1, 0.15) is 26.5 Å². The molecule has 2 nitrogen and oxygen atoms in total. The van der Waals surface area contributed by atoms with Crippen LogP contribution in [0.4, 0.5) is 0 Å². The highest BCUT2D eigenvalue weighted by Crippen LogP contribution is 2.37. The van der Waals surface area contributed by atoms with Gasteiger partial charge < -0.3 is 4.98 Å². The number of nitrogens with zero attached hydrogens (tertiary/aromatic N) is 1. The van der Waals surface area contributed by atoms with Crippen LogP contribution >= 0.6 is 0 Å². The summed E-state index contributed by atoms with van der Waals surface area (Å²) in [5, 5.41) is 1.19. The van der Waals surface area contributed by atoms with E-state index in [2.05, 4.69) is 55.0 Å². The highest BCUT2D eigenvalue weighted by Gasteiger charge is 2.23. The van der Waals surface area contributed by atoms with E-state index < -0.39 is 0 Å². The number of nitrogens with one attached hydrogen (secondary N) is 1. The van der Waals surface area contributed by atoms with Gasteiger partial charge in [-0.1, -0.05) is 51.1 Å². The van der Waals surface area contributed by atoms with Gasteiger partial charge in [0.05, 0.1) is 0 Å². The zero-order valence-corrected chi connectivity index (χ0v) is 11.6. The normalized spacial score (nSPS) is 11.9. The van der Waals surface area contributed by atoms with Gasteiger partial charge in [-0.15, -0.1) is 0 Å². The summed E-state index contributed by atoms with van der Waals surface area (Å²) in [5.74, 6) is 0. The second-order valence-electron chi connectivity index (χ2n) is 5.91. The van der Waals surface area contributed by atoms with Crippen molar-refractivity contribution < 1.29 is 0 Å². The number of H-pyrrole nitrogens is 1. The number of fused-ring (bicyclic) bond motifs is 1. The average molecular weight is 250 g/mol. The topological polar surface area (TPSA) is 28.7 Å². The van der Waals surface area contributed by atoms with Crippen LogP contribution in [-0.2, 0) is 5.41 Å². The van der Waals surface area contributed by atoms with Crippen molar-refractivity contribution in [3.63, 3.8) is 0 Å². The molecule has 19 heavy (non-hydrogen) atoms. The molecule has 0 aliphatic heterocycles. The standard InChI is InChI=1S/C17H18N2/c1-17(2,3)16-15(12-7-5-4-6-8-12)13-11-18-10-9-14(13)19-16/h4-11,19H,1-3H3. The first-order valence-electron chi connectivity index (χ1n) is 6.59. The summed E-state index contributed by atoms with van der Waals surface area (Å²) in [6, 6.07) is 12.6. The zero-order chi connectivity index (χ0) is 13.5. The van der Waals surface area contributed by atoms with Crippen LogP contribution in [0.3, 0.4) is 0 Å². The van der Waals surface area contributed by atoms with Crippen LogP contribution in [0.2, 0.25) is 0 Å². The Kier molecular flexibility index (Phi) is 2.67. The number of hydrogen-bond donors (Lipinski definition) is 1. The van der Waals surface area contributed by atoms with Crippen molar-refractivity contribution in [2.24, 2.45) is 0 Å². The van der Waals surface area contributed by atoms with E-state index in [4.69, 9.17) is 0 Å². The predicted molar refractivity (Wildman–Crippen MR) is 80.2 cm³/mol. The van der Waals surface area contributed by atoms with Crippen molar-refractivity contribution in [2.45, 2.75) is 26.2 Å². The molecule has 0 unspecified atom stereocenters. The molecule has 3 aromatic rings. The third-order valence-corrected chi connectivity index (χ3v) is 3.41. The number of benzene rings is 1. The summed E-state index contributed by atoms with van der Waals surface area (Å²) in [5.41, 5.74) is 5.01. The summed E-state index contributed by atoms with van der Waals surface area (Å²) in [4.78, 5) is 7.84. The molecule has 2 heteroatoms. The largest absolute Gasteiger partial charge is 0.357 e. The van der Waals surface area contributed by atoms with E-state index in [-0.39, 0.29) is 5.41 Å². The lowest BCUT2D eigenvalue weighted by atomic mass is 9.87. The van der Waals surface area contributed by atoms with E-state index in [0.29, 0.717) is 0 Å². The molecule has 1 N–H and O–H groups in total. The molecule has 96 valence electrons. The number of rotatable bonds is 1. The van der Waals surface area contributed by atoms with Crippen LogP contribution in [-0.4, -0.2) is 9.97 Å². The van der Waals surface area contributed by atoms with Crippen LogP contribution in [0, 0.1) is 0 Å². The Morgan fingerprint density at radius 3 is 2.42 bits per heavy atom. The van der Waals surface area contributed by atoms with Gasteiger partial charge in [-0.25, -0.2) is 0 Å². The molecule has 1 aromatic carbocycles. The Bertz CT molecular complexity index is 703. The molecular formula is C17H18N2. The molecule has 0 bridgehead atoms. The Morgan fingerprint density at radius 1 is 1.00 bits per heavy atom. The van der Waals surface area contributed by atoms with Gasteiger partial charge in [0.15, 0.2) is 0 Å². The van der Waals surface area contributed by atoms with E-state index >= 15 is 0 Å². The molecule has 0 aliphatic carbocycles. The van der Waals surface area contributed by atoms with Gasteiger partial charge in [0.2, 0.25) is 0 Å². The molecule has 0 spiro atoms. The number of hydrogen-bond acceptors (Lipinski definition) is 1. The van der Waals surface area contributed by atoms with Crippen molar-refractivity contribution in [3.05, 3.63) is 54.5 Å². The van der Waals surface area contributed by atoms with E-state index in [1.807, 2.05) is 24.5 Å². The molecule has 2 aromatic heterocycles. The van der Waals surface area contributed by atoms with Crippen molar-refractivity contribution in [2.75, 3.05) is 0 Å². The molecule has 0 atom stereocenters. The fraction of sp³-hybridized carbons (Fsp3) is 0.235. The quantitative estimate of drug-likeness (QED) is 0.675. The summed E-state index contributed by atoms with van der Waals surface area (Å²) < 4.78 is 0. The number of aromatic amines is 1. The van der Waals surface area contributed by atoms with Gasteiger partial charge in [-0.3, -0.25) is 4.98 Å². The second-order valence-corrected chi connectivity index (χ2v) is 5.91. The van der Waals surface area contributed by atoms with E-state index in [9.17, 15) is 0 Å². The predicted octanol–water partition coefficient (Wildman–Crippen LogP) is 4.53. The van der Waals surface area contributed by atoms with Crippen LogP contribution in [0.5, 0.6) is 0 Å². The average Bonchev–Trinajstić information content (AvgIpc) is 2.79. The highest BCUT2D eigenvalue weighted by atomic mass is 14.8. The lowest BCUT2D eigenvalue weighted by molar-refractivity contribution is 0.576. The highest BCUT2D eigenvalue weighted by molar-refractivity contribution is 5.97. The van der Waals surface area contributed by atoms with Gasteiger partial charge in [0.1, 0.15) is 0 Å². The number of aromatic nitrogens is 2. The van der Waals surface area contributed by atoms with E-state index in [1.165, 1.54) is 22.2 Å². The molecule has 0 amide bonds. The first kappa shape index (κ1) is 12.0. The van der Waals surface area contributed by atoms with Crippen molar-refractivity contribution in [1.29, 1.82) is 0 Å². The molecule has 0 saturated carbocycles. The molecule has 2 heterocycles. The SMILES string of the molecule is CC(C)(C)c1[nH]c2ccncc2c1-c1ccccc1. The molecule has 0 saturated heterocycles. The van der Waals surface area contributed by atoms with E-state index in [0.717, 1.165) is 5.52 Å². The maximum atomic E-state index is 4.27. The minimum absolute atomic E-state index is 0.0736. The van der Waals surface area contributed by atoms with Crippen molar-refractivity contribution >= 4 is 10.9 Å². The molecule has 3 rings (SSSR count). The maximum absolute atomic E-state index is 4.27. The first-order valence-corrected chi connectivity index (χ1v) is 6.59. The van der Waals surface area contributed by atoms with Gasteiger partial charge in [0, 0.05) is 40.0 Å². The Hall–Kier alpha value is -2.09. The van der Waals surface area contributed by atoms with Crippen molar-refractivity contribution in [1.82, 2.24) is 9.97 Å². The van der Waals surface area contributed by atoms with E-state index in [1.54, 1.807) is 0 Å². The summed E-state index contributed by atoms with van der Waals surface area (Å²) in [6.07, 6.45) is 3.78. The van der Waals surface area contributed by atoms with Gasteiger partial charge in [-0.05, 0) is 11.6 Å². The van der Waals surface area contributed by atoms with Gasteiger partial charge in [-0.2, -0.15) is 0 Å². The Balaban J connectivity index is 2.38. The number of pyridine rings is 1. The summed E-state index contributed by atoms with van der Waals surface area (Å²) in [7, 11) is 0. The third-order valence-electron chi connectivity index (χ3n) is 3.41. The minimum atomic E-state index is 0.0736. The smallest absolute Gasteiger partial charge is 0.0493 e. The van der Waals surface area contributed by atoms with Crippen LogP contribution in [0.15, 0.2) is 48.8 Å². The Labute approximate surface area is 113 Å². The lowest BCUT2D eigenvalue weighted by Gasteiger charge is -2.19. The monoisotopic (exact) mass is 250 g/mol. The third kappa shape index (κ3) is 2.03. The summed E-state index contributed by atoms with van der Waals surface area (Å²) in [6.45, 7) is 6.70. The van der Waals surface area contributed by atoms with Gasteiger partial charge >= 0.3 is 0 Å². The van der Waals surface area contributed by atoms with Gasteiger partial charge in [0.25, 0.3) is 0 Å². The molecular weight excluding hydrogens is 232 g/mol. The lowest BCUT2D eigenvalue weighted by Crippen LogP contribution is -2.12. The fourth-order valence-electron chi connectivity index (χ4n) is 2.50. The molecule has 0 aliphatic rings. The fourth-order valence-corrected chi connectivity index (χ4v) is 2.50. The second kappa shape index (κ2) is 4.23. The Morgan fingerprint density at radius 2 is 1.74 bits per heavy atom. The molecule has 0 radical (unpaired) electrons. The maximum Gasteiger partial charge on any atom is 0.0493 e. The summed E-state index contributed by atoms with van der Waals surface area (Å²) >= 11 is 0.